The molecule has 25 heavy (non-hydrogen) atoms. The lowest BCUT2D eigenvalue weighted by Gasteiger charge is -2.24. The third-order valence-corrected chi connectivity index (χ3v) is 5.57. The van der Waals surface area contributed by atoms with E-state index in [2.05, 4.69) is 10.0 Å². The van der Waals surface area contributed by atoms with E-state index in [1.54, 1.807) is 24.3 Å². The molecular weight excluding hydrogens is 336 g/mol. The number of carbonyl (C=O) groups is 1. The highest BCUT2D eigenvalue weighted by molar-refractivity contribution is 7.89. The molecule has 6 heteroatoms. The Hall–Kier alpha value is -2.18. The van der Waals surface area contributed by atoms with Gasteiger partial charge >= 0.3 is 0 Å². The van der Waals surface area contributed by atoms with Gasteiger partial charge in [0, 0.05) is 13.1 Å². The molecule has 0 aliphatic carbocycles. The van der Waals surface area contributed by atoms with Crippen LogP contribution in [0.15, 0.2) is 59.5 Å². The zero-order valence-electron chi connectivity index (χ0n) is 14.7. The van der Waals surface area contributed by atoms with Crippen LogP contribution in [0.5, 0.6) is 0 Å². The molecule has 2 N–H and O–H groups in total. The van der Waals surface area contributed by atoms with Gasteiger partial charge in [-0.15, -0.1) is 0 Å². The third kappa shape index (κ3) is 4.90. The van der Waals surface area contributed by atoms with Crippen LogP contribution in [-0.4, -0.2) is 27.4 Å². The Balaban J connectivity index is 1.88. The fourth-order valence-corrected chi connectivity index (χ4v) is 3.40. The highest BCUT2D eigenvalue weighted by Crippen LogP contribution is 2.22. The Bertz CT molecular complexity index is 814. The summed E-state index contributed by atoms with van der Waals surface area (Å²) in [5.41, 5.74) is 1.22. The first-order chi connectivity index (χ1) is 11.7. The zero-order valence-corrected chi connectivity index (χ0v) is 15.6. The van der Waals surface area contributed by atoms with E-state index in [1.807, 2.05) is 51.1 Å². The molecule has 2 rings (SSSR count). The molecule has 0 bridgehead atoms. The molecule has 0 unspecified atom stereocenters. The minimum absolute atomic E-state index is 0.132. The number of aryl methyl sites for hydroxylation is 1. The van der Waals surface area contributed by atoms with E-state index < -0.39 is 15.4 Å². The van der Waals surface area contributed by atoms with Crippen LogP contribution in [0.4, 0.5) is 0 Å². The second-order valence-electron chi connectivity index (χ2n) is 6.46. The maximum absolute atomic E-state index is 12.4. The fourth-order valence-electron chi connectivity index (χ4n) is 2.37. The number of rotatable bonds is 7. The smallest absolute Gasteiger partial charge is 0.240 e. The third-order valence-electron chi connectivity index (χ3n) is 4.10. The van der Waals surface area contributed by atoms with Crippen LogP contribution in [0.2, 0.25) is 0 Å². The maximum atomic E-state index is 12.4. The number of hydrogen-bond donors (Lipinski definition) is 2. The molecule has 0 aliphatic heterocycles. The van der Waals surface area contributed by atoms with Crippen molar-refractivity contribution in [1.29, 1.82) is 0 Å². The van der Waals surface area contributed by atoms with E-state index >= 15 is 0 Å². The van der Waals surface area contributed by atoms with Gasteiger partial charge in [-0.1, -0.05) is 48.0 Å². The van der Waals surface area contributed by atoms with Crippen molar-refractivity contribution in [3.8, 4) is 0 Å². The second kappa shape index (κ2) is 7.80. The van der Waals surface area contributed by atoms with Crippen molar-refractivity contribution in [2.24, 2.45) is 0 Å². The molecule has 1 amide bonds. The van der Waals surface area contributed by atoms with Crippen LogP contribution in [0.25, 0.3) is 0 Å². The van der Waals surface area contributed by atoms with Gasteiger partial charge in [-0.25, -0.2) is 13.1 Å². The monoisotopic (exact) mass is 360 g/mol. The molecule has 0 heterocycles. The van der Waals surface area contributed by atoms with Crippen LogP contribution < -0.4 is 10.0 Å². The van der Waals surface area contributed by atoms with Crippen molar-refractivity contribution in [1.82, 2.24) is 10.0 Å². The topological polar surface area (TPSA) is 75.3 Å². The number of hydrogen-bond acceptors (Lipinski definition) is 3. The normalized spacial score (nSPS) is 12.0. The quantitative estimate of drug-likeness (QED) is 0.745. The number of amides is 1. The van der Waals surface area contributed by atoms with Gasteiger partial charge in [-0.05, 0) is 38.5 Å². The van der Waals surface area contributed by atoms with Crippen molar-refractivity contribution >= 4 is 15.9 Å². The number of carbonyl (C=O) groups excluding carboxylic acids is 1. The molecule has 0 atom stereocenters. The summed E-state index contributed by atoms with van der Waals surface area (Å²) in [6.07, 6.45) is 0. The Morgan fingerprint density at radius 1 is 0.960 bits per heavy atom. The molecule has 0 spiro atoms. The minimum Gasteiger partial charge on any atom is -0.354 e. The first kappa shape index (κ1) is 19.1. The van der Waals surface area contributed by atoms with Crippen molar-refractivity contribution in [2.75, 3.05) is 13.1 Å². The first-order valence-corrected chi connectivity index (χ1v) is 9.62. The zero-order chi connectivity index (χ0) is 18.5. The summed E-state index contributed by atoms with van der Waals surface area (Å²) in [6.45, 7) is 5.93. The predicted octanol–water partition coefficient (Wildman–Crippen LogP) is 2.37. The lowest BCUT2D eigenvalue weighted by Crippen LogP contribution is -2.43. The van der Waals surface area contributed by atoms with Crippen LogP contribution in [0.3, 0.4) is 0 Å². The van der Waals surface area contributed by atoms with Crippen LogP contribution in [0.1, 0.15) is 25.0 Å². The number of sulfonamides is 1. The minimum atomic E-state index is -3.56. The fraction of sp³-hybridized carbons (Fsp3) is 0.316. The molecule has 0 saturated heterocycles. The standard InChI is InChI=1S/C19H24N2O3S/c1-15-9-11-17(12-10-15)25(23,24)21-14-13-20-18(22)19(2,3)16-7-5-4-6-8-16/h4-12,21H,13-14H2,1-3H3,(H,20,22). The van der Waals surface area contributed by atoms with Crippen molar-refractivity contribution < 1.29 is 13.2 Å². The van der Waals surface area contributed by atoms with Gasteiger partial charge in [0.2, 0.25) is 15.9 Å². The molecule has 2 aromatic carbocycles. The average molecular weight is 360 g/mol. The van der Waals surface area contributed by atoms with Gasteiger partial charge in [0.25, 0.3) is 0 Å². The second-order valence-corrected chi connectivity index (χ2v) is 8.22. The molecule has 0 saturated carbocycles. The largest absolute Gasteiger partial charge is 0.354 e. The molecule has 0 aliphatic rings. The number of nitrogens with one attached hydrogen (secondary N) is 2. The van der Waals surface area contributed by atoms with Gasteiger partial charge in [0.1, 0.15) is 0 Å². The van der Waals surface area contributed by atoms with Crippen LogP contribution in [-0.2, 0) is 20.2 Å². The first-order valence-electron chi connectivity index (χ1n) is 8.13. The van der Waals surface area contributed by atoms with Crippen molar-refractivity contribution in [3.05, 3.63) is 65.7 Å². The summed E-state index contributed by atoms with van der Waals surface area (Å²) in [5, 5.41) is 2.79. The summed E-state index contributed by atoms with van der Waals surface area (Å²) in [5.74, 6) is -0.145. The lowest BCUT2D eigenvalue weighted by molar-refractivity contribution is -0.125. The predicted molar refractivity (Wildman–Crippen MR) is 98.8 cm³/mol. The Morgan fingerprint density at radius 2 is 1.56 bits per heavy atom. The Labute approximate surface area is 149 Å². The molecule has 134 valence electrons. The van der Waals surface area contributed by atoms with Gasteiger partial charge in [-0.2, -0.15) is 0 Å². The van der Waals surface area contributed by atoms with E-state index in [4.69, 9.17) is 0 Å². The Morgan fingerprint density at radius 3 is 2.16 bits per heavy atom. The lowest BCUT2D eigenvalue weighted by atomic mass is 9.84. The molecule has 0 radical (unpaired) electrons. The summed E-state index contributed by atoms with van der Waals surface area (Å²) >= 11 is 0. The van der Waals surface area contributed by atoms with Crippen LogP contribution in [0, 0.1) is 6.92 Å². The molecule has 2 aromatic rings. The summed E-state index contributed by atoms with van der Waals surface area (Å²) in [6, 6.07) is 16.1. The molecule has 0 fully saturated rings. The molecule has 5 nitrogen and oxygen atoms in total. The summed E-state index contributed by atoms with van der Waals surface area (Å²) in [4.78, 5) is 12.6. The van der Waals surface area contributed by atoms with Crippen LogP contribution >= 0.6 is 0 Å². The highest BCUT2D eigenvalue weighted by atomic mass is 32.2. The molecular formula is C19H24N2O3S. The van der Waals surface area contributed by atoms with Gasteiger partial charge < -0.3 is 5.32 Å². The van der Waals surface area contributed by atoms with E-state index in [1.165, 1.54) is 0 Å². The SMILES string of the molecule is Cc1ccc(S(=O)(=O)NCCNC(=O)C(C)(C)c2ccccc2)cc1. The van der Waals surface area contributed by atoms with Crippen molar-refractivity contribution in [2.45, 2.75) is 31.1 Å². The van der Waals surface area contributed by atoms with Gasteiger partial charge in [0.05, 0.1) is 10.3 Å². The summed E-state index contributed by atoms with van der Waals surface area (Å²) < 4.78 is 26.9. The Kier molecular flexibility index (Phi) is 5.98. The highest BCUT2D eigenvalue weighted by Gasteiger charge is 2.29. The van der Waals surface area contributed by atoms with E-state index in [0.717, 1.165) is 11.1 Å². The number of benzene rings is 2. The van der Waals surface area contributed by atoms with Gasteiger partial charge in [0.15, 0.2) is 0 Å². The average Bonchev–Trinajstić information content (AvgIpc) is 2.59. The molecule has 0 aromatic heterocycles. The maximum Gasteiger partial charge on any atom is 0.240 e. The summed E-state index contributed by atoms with van der Waals surface area (Å²) in [7, 11) is -3.56. The van der Waals surface area contributed by atoms with Crippen molar-refractivity contribution in [3.63, 3.8) is 0 Å². The van der Waals surface area contributed by atoms with E-state index in [-0.39, 0.29) is 23.9 Å². The van der Waals surface area contributed by atoms with E-state index in [9.17, 15) is 13.2 Å². The van der Waals surface area contributed by atoms with E-state index in [0.29, 0.717) is 0 Å². The van der Waals surface area contributed by atoms with Gasteiger partial charge in [-0.3, -0.25) is 4.79 Å².